The molecule has 2 aromatic heterocycles. The molecule has 0 aliphatic heterocycles. The highest BCUT2D eigenvalue weighted by Gasteiger charge is 2.17. The van der Waals surface area contributed by atoms with Gasteiger partial charge in [0.25, 0.3) is 5.91 Å². The van der Waals surface area contributed by atoms with Crippen LogP contribution in [-0.4, -0.2) is 10.9 Å². The molecule has 4 rings (SSSR count). The summed E-state index contributed by atoms with van der Waals surface area (Å²) in [5.74, 6) is -0.663. The van der Waals surface area contributed by atoms with Crippen LogP contribution < -0.4 is 5.32 Å². The Bertz CT molecular complexity index is 1120. The highest BCUT2D eigenvalue weighted by molar-refractivity contribution is 7.21. The Kier molecular flexibility index (Phi) is 4.48. The third-order valence-electron chi connectivity index (χ3n) is 3.86. The second kappa shape index (κ2) is 6.79. The zero-order valence-electron chi connectivity index (χ0n) is 13.5. The highest BCUT2D eigenvalue weighted by Crippen LogP contribution is 2.36. The Morgan fingerprint density at radius 2 is 1.96 bits per heavy atom. The van der Waals surface area contributed by atoms with Crippen LogP contribution in [0.1, 0.15) is 14.7 Å². The molecule has 26 heavy (non-hydrogen) atoms. The Balaban J connectivity index is 1.57. The summed E-state index contributed by atoms with van der Waals surface area (Å²) >= 11 is 9.07. The molecule has 0 aliphatic carbocycles. The molecule has 130 valence electrons. The van der Waals surface area contributed by atoms with Crippen molar-refractivity contribution in [3.63, 3.8) is 0 Å². The van der Waals surface area contributed by atoms with Crippen LogP contribution in [0.5, 0.6) is 0 Å². The Hall–Kier alpha value is -2.28. The van der Waals surface area contributed by atoms with Gasteiger partial charge < -0.3 is 5.32 Å². The maximum absolute atomic E-state index is 13.4. The highest BCUT2D eigenvalue weighted by atomic mass is 35.5. The minimum Gasteiger partial charge on any atom is -0.321 e. The molecule has 1 N–H and O–H groups in total. The van der Waals surface area contributed by atoms with Gasteiger partial charge >= 0.3 is 0 Å². The van der Waals surface area contributed by atoms with Gasteiger partial charge in [-0.15, -0.1) is 22.7 Å². The number of nitrogens with one attached hydrogen (secondary N) is 1. The fourth-order valence-electron chi connectivity index (χ4n) is 2.59. The van der Waals surface area contributed by atoms with E-state index in [1.807, 2.05) is 36.6 Å². The van der Waals surface area contributed by atoms with Crippen LogP contribution in [0.25, 0.3) is 21.3 Å². The lowest BCUT2D eigenvalue weighted by molar-refractivity contribution is 0.103. The number of halogens is 2. The number of aromatic nitrogens is 1. The van der Waals surface area contributed by atoms with Gasteiger partial charge in [0.05, 0.1) is 15.7 Å². The number of hydrogen-bond donors (Lipinski definition) is 1. The van der Waals surface area contributed by atoms with Gasteiger partial charge in [-0.1, -0.05) is 23.7 Å². The number of aryl methyl sites for hydroxylation is 1. The number of amides is 1. The maximum atomic E-state index is 13.4. The summed E-state index contributed by atoms with van der Waals surface area (Å²) in [5.41, 5.74) is 2.56. The van der Waals surface area contributed by atoms with Crippen LogP contribution in [0, 0.1) is 12.7 Å². The second-order valence-electron chi connectivity index (χ2n) is 5.67. The lowest BCUT2D eigenvalue weighted by Crippen LogP contribution is -2.10. The quantitative estimate of drug-likeness (QED) is 0.432. The molecule has 0 bridgehead atoms. The molecule has 0 fully saturated rings. The third-order valence-corrected chi connectivity index (χ3v) is 6.28. The minimum atomic E-state index is -0.352. The SMILES string of the molecule is Cc1nc(-c2ccc(NC(=O)c3sc4cc(F)ccc4c3Cl)cc2)cs1. The molecule has 0 spiro atoms. The van der Waals surface area contributed by atoms with Crippen LogP contribution in [0.3, 0.4) is 0 Å². The van der Waals surface area contributed by atoms with Crippen LogP contribution in [0.15, 0.2) is 47.8 Å². The molecule has 4 aromatic rings. The van der Waals surface area contributed by atoms with E-state index in [1.165, 1.54) is 23.5 Å². The van der Waals surface area contributed by atoms with Gasteiger partial charge in [0.2, 0.25) is 0 Å². The zero-order valence-corrected chi connectivity index (χ0v) is 15.9. The van der Waals surface area contributed by atoms with Crippen LogP contribution in [-0.2, 0) is 0 Å². The van der Waals surface area contributed by atoms with Crippen molar-refractivity contribution in [3.05, 3.63) is 68.6 Å². The first-order valence-electron chi connectivity index (χ1n) is 7.73. The summed E-state index contributed by atoms with van der Waals surface area (Å²) in [5, 5.41) is 6.86. The standard InChI is InChI=1S/C19H12ClFN2OS2/c1-10-22-15(9-25-10)11-2-5-13(6-3-11)23-19(24)18-17(20)14-7-4-12(21)8-16(14)26-18/h2-9H,1H3,(H,23,24). The summed E-state index contributed by atoms with van der Waals surface area (Å²) in [6, 6.07) is 11.8. The summed E-state index contributed by atoms with van der Waals surface area (Å²) < 4.78 is 14.0. The average molecular weight is 403 g/mol. The monoisotopic (exact) mass is 402 g/mol. The first-order valence-corrected chi connectivity index (χ1v) is 9.80. The maximum Gasteiger partial charge on any atom is 0.267 e. The van der Waals surface area contributed by atoms with Crippen molar-refractivity contribution in [2.45, 2.75) is 6.92 Å². The van der Waals surface area contributed by atoms with Gasteiger partial charge in [-0.3, -0.25) is 4.79 Å². The van der Waals surface area contributed by atoms with Gasteiger partial charge in [0, 0.05) is 26.7 Å². The lowest BCUT2D eigenvalue weighted by Gasteiger charge is -2.05. The topological polar surface area (TPSA) is 42.0 Å². The largest absolute Gasteiger partial charge is 0.321 e. The van der Waals surface area contributed by atoms with Crippen molar-refractivity contribution in [1.29, 1.82) is 0 Å². The van der Waals surface area contributed by atoms with Crippen molar-refractivity contribution < 1.29 is 9.18 Å². The van der Waals surface area contributed by atoms with E-state index in [-0.39, 0.29) is 11.7 Å². The molecule has 0 radical (unpaired) electrons. The summed E-state index contributed by atoms with van der Waals surface area (Å²) in [7, 11) is 0. The smallest absolute Gasteiger partial charge is 0.267 e. The van der Waals surface area contributed by atoms with Crippen molar-refractivity contribution in [3.8, 4) is 11.3 Å². The molecule has 0 unspecified atom stereocenters. The molecule has 0 aliphatic rings. The minimum absolute atomic E-state index is 0.311. The Morgan fingerprint density at radius 1 is 1.19 bits per heavy atom. The molecule has 0 atom stereocenters. The van der Waals surface area contributed by atoms with E-state index in [2.05, 4.69) is 10.3 Å². The zero-order chi connectivity index (χ0) is 18.3. The van der Waals surface area contributed by atoms with Crippen molar-refractivity contribution >= 4 is 56.0 Å². The normalized spacial score (nSPS) is 11.0. The number of carbonyl (C=O) groups excluding carboxylic acids is 1. The van der Waals surface area contributed by atoms with Crippen molar-refractivity contribution in [2.24, 2.45) is 0 Å². The van der Waals surface area contributed by atoms with E-state index in [0.29, 0.717) is 25.7 Å². The molecular weight excluding hydrogens is 391 g/mol. The Labute approximate surface area is 162 Å². The van der Waals surface area contributed by atoms with Gasteiger partial charge in [0.1, 0.15) is 10.7 Å². The van der Waals surface area contributed by atoms with E-state index in [4.69, 9.17) is 11.6 Å². The summed E-state index contributed by atoms with van der Waals surface area (Å²) in [6.07, 6.45) is 0. The number of anilines is 1. The molecule has 0 saturated heterocycles. The number of fused-ring (bicyclic) bond motifs is 1. The number of carbonyl (C=O) groups is 1. The van der Waals surface area contributed by atoms with E-state index in [0.717, 1.165) is 16.3 Å². The van der Waals surface area contributed by atoms with E-state index < -0.39 is 0 Å². The number of nitrogens with zero attached hydrogens (tertiary/aromatic N) is 1. The summed E-state index contributed by atoms with van der Waals surface area (Å²) in [6.45, 7) is 1.96. The molecule has 3 nitrogen and oxygen atoms in total. The van der Waals surface area contributed by atoms with Gasteiger partial charge in [-0.25, -0.2) is 9.37 Å². The number of rotatable bonds is 3. The second-order valence-corrected chi connectivity index (χ2v) is 8.16. The Morgan fingerprint density at radius 3 is 2.65 bits per heavy atom. The molecule has 2 heterocycles. The molecule has 7 heteroatoms. The first-order chi connectivity index (χ1) is 12.5. The van der Waals surface area contributed by atoms with Crippen LogP contribution in [0.4, 0.5) is 10.1 Å². The number of thiophene rings is 1. The fourth-order valence-corrected chi connectivity index (χ4v) is 4.65. The number of thiazole rings is 1. The molecule has 2 aromatic carbocycles. The van der Waals surface area contributed by atoms with E-state index >= 15 is 0 Å². The molecule has 1 amide bonds. The average Bonchev–Trinajstić information content (AvgIpc) is 3.19. The fraction of sp³-hybridized carbons (Fsp3) is 0.0526. The lowest BCUT2D eigenvalue weighted by atomic mass is 10.1. The van der Waals surface area contributed by atoms with Gasteiger partial charge in [-0.2, -0.15) is 0 Å². The predicted molar refractivity (Wildman–Crippen MR) is 107 cm³/mol. The number of hydrogen-bond acceptors (Lipinski definition) is 4. The van der Waals surface area contributed by atoms with Crippen LogP contribution in [0.2, 0.25) is 5.02 Å². The first kappa shape index (κ1) is 17.1. The summed E-state index contributed by atoms with van der Waals surface area (Å²) in [4.78, 5) is 17.4. The number of benzene rings is 2. The van der Waals surface area contributed by atoms with Crippen LogP contribution >= 0.6 is 34.3 Å². The predicted octanol–water partition coefficient (Wildman–Crippen LogP) is 6.38. The van der Waals surface area contributed by atoms with Crippen molar-refractivity contribution in [2.75, 3.05) is 5.32 Å². The van der Waals surface area contributed by atoms with Gasteiger partial charge in [0.15, 0.2) is 0 Å². The third kappa shape index (κ3) is 3.23. The van der Waals surface area contributed by atoms with E-state index in [1.54, 1.807) is 17.4 Å². The van der Waals surface area contributed by atoms with Gasteiger partial charge in [-0.05, 0) is 37.3 Å². The molecular formula is C19H12ClFN2OS2. The van der Waals surface area contributed by atoms with E-state index in [9.17, 15) is 9.18 Å². The van der Waals surface area contributed by atoms with Crippen molar-refractivity contribution in [1.82, 2.24) is 4.98 Å². The molecule has 0 saturated carbocycles.